The maximum atomic E-state index is 5.97. The van der Waals surface area contributed by atoms with Crippen molar-refractivity contribution in [2.75, 3.05) is 7.11 Å². The summed E-state index contributed by atoms with van der Waals surface area (Å²) >= 11 is 7.67. The van der Waals surface area contributed by atoms with E-state index in [0.29, 0.717) is 5.02 Å². The highest BCUT2D eigenvalue weighted by Crippen LogP contribution is 2.34. The van der Waals surface area contributed by atoms with Gasteiger partial charge in [0.1, 0.15) is 10.8 Å². The Morgan fingerprint density at radius 3 is 3.05 bits per heavy atom. The SMILES string of the molecule is COc1cc(Cl)ccc1-c1ncc(CNC2CC2)s1. The summed E-state index contributed by atoms with van der Waals surface area (Å²) in [6.07, 6.45) is 4.54. The zero-order chi connectivity index (χ0) is 13.2. The highest BCUT2D eigenvalue weighted by molar-refractivity contribution is 7.15. The van der Waals surface area contributed by atoms with Crippen LogP contribution in [-0.2, 0) is 6.54 Å². The predicted octanol–water partition coefficient (Wildman–Crippen LogP) is 3.72. The minimum absolute atomic E-state index is 0.674. The van der Waals surface area contributed by atoms with E-state index in [4.69, 9.17) is 16.3 Å². The number of methoxy groups -OCH3 is 1. The molecule has 0 amide bonds. The van der Waals surface area contributed by atoms with Crippen molar-refractivity contribution in [1.82, 2.24) is 10.3 Å². The first-order chi connectivity index (χ1) is 9.26. The fourth-order valence-electron chi connectivity index (χ4n) is 1.89. The Labute approximate surface area is 121 Å². The zero-order valence-corrected chi connectivity index (χ0v) is 12.2. The average molecular weight is 295 g/mol. The van der Waals surface area contributed by atoms with Gasteiger partial charge in [0, 0.05) is 28.7 Å². The van der Waals surface area contributed by atoms with E-state index in [-0.39, 0.29) is 0 Å². The van der Waals surface area contributed by atoms with Crippen LogP contribution in [0.25, 0.3) is 10.6 Å². The molecule has 5 heteroatoms. The maximum absolute atomic E-state index is 5.97. The maximum Gasteiger partial charge on any atom is 0.130 e. The summed E-state index contributed by atoms with van der Waals surface area (Å²) in [5, 5.41) is 5.14. The van der Waals surface area contributed by atoms with Gasteiger partial charge in [-0.2, -0.15) is 0 Å². The van der Waals surface area contributed by atoms with E-state index in [1.54, 1.807) is 18.4 Å². The van der Waals surface area contributed by atoms with Crippen LogP contribution in [0.15, 0.2) is 24.4 Å². The lowest BCUT2D eigenvalue weighted by molar-refractivity contribution is 0.416. The van der Waals surface area contributed by atoms with Gasteiger partial charge in [0.25, 0.3) is 0 Å². The van der Waals surface area contributed by atoms with Gasteiger partial charge in [0.05, 0.1) is 12.7 Å². The molecule has 3 nitrogen and oxygen atoms in total. The second-order valence-electron chi connectivity index (χ2n) is 4.63. The molecule has 3 rings (SSSR count). The van der Waals surface area contributed by atoms with E-state index in [1.165, 1.54) is 17.7 Å². The topological polar surface area (TPSA) is 34.1 Å². The predicted molar refractivity (Wildman–Crippen MR) is 79.0 cm³/mol. The Bertz CT molecular complexity index is 581. The third-order valence-electron chi connectivity index (χ3n) is 3.09. The Hall–Kier alpha value is -1.10. The molecule has 0 radical (unpaired) electrons. The van der Waals surface area contributed by atoms with Crippen LogP contribution in [0.5, 0.6) is 5.75 Å². The number of benzene rings is 1. The van der Waals surface area contributed by atoms with Crippen LogP contribution in [0.2, 0.25) is 5.02 Å². The number of rotatable bonds is 5. The summed E-state index contributed by atoms with van der Waals surface area (Å²) < 4.78 is 5.36. The van der Waals surface area contributed by atoms with Crippen LogP contribution in [-0.4, -0.2) is 18.1 Å². The molecule has 0 atom stereocenters. The van der Waals surface area contributed by atoms with Crippen LogP contribution in [0.4, 0.5) is 0 Å². The van der Waals surface area contributed by atoms with Crippen molar-refractivity contribution in [3.63, 3.8) is 0 Å². The molecule has 0 bridgehead atoms. The number of aromatic nitrogens is 1. The lowest BCUT2D eigenvalue weighted by Crippen LogP contribution is -2.14. The van der Waals surface area contributed by atoms with Crippen molar-refractivity contribution in [3.8, 4) is 16.3 Å². The standard InChI is InChI=1S/C14H15ClN2OS/c1-18-13-6-9(15)2-5-12(13)14-17-8-11(19-14)7-16-10-3-4-10/h2,5-6,8,10,16H,3-4,7H2,1H3. The number of nitrogens with one attached hydrogen (secondary N) is 1. The number of hydrogen-bond acceptors (Lipinski definition) is 4. The summed E-state index contributed by atoms with van der Waals surface area (Å²) in [5.41, 5.74) is 0.995. The normalized spacial score (nSPS) is 14.6. The number of ether oxygens (including phenoxy) is 1. The van der Waals surface area contributed by atoms with Crippen LogP contribution in [0.1, 0.15) is 17.7 Å². The molecule has 0 aliphatic heterocycles. The first-order valence-corrected chi connectivity index (χ1v) is 7.47. The molecule has 0 unspecified atom stereocenters. The van der Waals surface area contributed by atoms with Gasteiger partial charge in [-0.1, -0.05) is 11.6 Å². The fraction of sp³-hybridized carbons (Fsp3) is 0.357. The molecule has 1 saturated carbocycles. The average Bonchev–Trinajstić information content (AvgIpc) is 3.14. The Kier molecular flexibility index (Phi) is 3.73. The molecule has 0 saturated heterocycles. The van der Waals surface area contributed by atoms with Crippen molar-refractivity contribution in [1.29, 1.82) is 0 Å². The largest absolute Gasteiger partial charge is 0.496 e. The molecule has 19 heavy (non-hydrogen) atoms. The Morgan fingerprint density at radius 1 is 1.47 bits per heavy atom. The van der Waals surface area contributed by atoms with Crippen molar-refractivity contribution >= 4 is 22.9 Å². The molecule has 0 spiro atoms. The molecule has 1 aliphatic carbocycles. The third-order valence-corrected chi connectivity index (χ3v) is 4.36. The lowest BCUT2D eigenvalue weighted by atomic mass is 10.2. The summed E-state index contributed by atoms with van der Waals surface area (Å²) in [7, 11) is 1.65. The molecule has 1 aromatic carbocycles. The minimum atomic E-state index is 0.674. The van der Waals surface area contributed by atoms with E-state index in [1.807, 2.05) is 24.4 Å². The quantitative estimate of drug-likeness (QED) is 0.912. The fourth-order valence-corrected chi connectivity index (χ4v) is 2.94. The first-order valence-electron chi connectivity index (χ1n) is 6.28. The minimum Gasteiger partial charge on any atom is -0.496 e. The van der Waals surface area contributed by atoms with Gasteiger partial charge >= 0.3 is 0 Å². The Balaban J connectivity index is 1.80. The van der Waals surface area contributed by atoms with Crippen LogP contribution in [0.3, 0.4) is 0 Å². The van der Waals surface area contributed by atoms with Crippen LogP contribution in [0, 0.1) is 0 Å². The molecule has 100 valence electrons. The summed E-state index contributed by atoms with van der Waals surface area (Å²) in [6, 6.07) is 6.36. The van der Waals surface area contributed by atoms with E-state index in [9.17, 15) is 0 Å². The monoisotopic (exact) mass is 294 g/mol. The second kappa shape index (κ2) is 5.49. The number of thiazole rings is 1. The number of halogens is 1. The third kappa shape index (κ3) is 3.08. The van der Waals surface area contributed by atoms with Gasteiger partial charge in [0.15, 0.2) is 0 Å². The highest BCUT2D eigenvalue weighted by atomic mass is 35.5. The van der Waals surface area contributed by atoms with Gasteiger partial charge < -0.3 is 10.1 Å². The summed E-state index contributed by atoms with van der Waals surface area (Å²) in [5.74, 6) is 0.767. The van der Waals surface area contributed by atoms with Gasteiger partial charge in [-0.15, -0.1) is 11.3 Å². The molecule has 1 heterocycles. The molecule has 1 aliphatic rings. The smallest absolute Gasteiger partial charge is 0.130 e. The van der Waals surface area contributed by atoms with E-state index < -0.39 is 0 Å². The highest BCUT2D eigenvalue weighted by Gasteiger charge is 2.20. The molecule has 2 aromatic rings. The molecular weight excluding hydrogens is 280 g/mol. The summed E-state index contributed by atoms with van der Waals surface area (Å²) in [6.45, 7) is 0.901. The van der Waals surface area contributed by atoms with Crippen molar-refractivity contribution in [2.45, 2.75) is 25.4 Å². The van der Waals surface area contributed by atoms with Gasteiger partial charge in [0.2, 0.25) is 0 Å². The lowest BCUT2D eigenvalue weighted by Gasteiger charge is -2.05. The second-order valence-corrected chi connectivity index (χ2v) is 6.18. The van der Waals surface area contributed by atoms with E-state index in [0.717, 1.165) is 28.9 Å². The number of hydrogen-bond donors (Lipinski definition) is 1. The molecule has 1 aromatic heterocycles. The van der Waals surface area contributed by atoms with Gasteiger partial charge in [-0.05, 0) is 31.0 Å². The molecule has 1 fully saturated rings. The van der Waals surface area contributed by atoms with E-state index >= 15 is 0 Å². The van der Waals surface area contributed by atoms with Gasteiger partial charge in [-0.25, -0.2) is 4.98 Å². The molecule has 1 N–H and O–H groups in total. The first kappa shape index (κ1) is 12.9. The number of nitrogens with zero attached hydrogens (tertiary/aromatic N) is 1. The van der Waals surface area contributed by atoms with Crippen molar-refractivity contribution in [2.24, 2.45) is 0 Å². The summed E-state index contributed by atoms with van der Waals surface area (Å²) in [4.78, 5) is 5.73. The van der Waals surface area contributed by atoms with Crippen LogP contribution < -0.4 is 10.1 Å². The van der Waals surface area contributed by atoms with Crippen molar-refractivity contribution in [3.05, 3.63) is 34.3 Å². The Morgan fingerprint density at radius 2 is 2.32 bits per heavy atom. The van der Waals surface area contributed by atoms with Crippen molar-refractivity contribution < 1.29 is 4.74 Å². The zero-order valence-electron chi connectivity index (χ0n) is 10.6. The van der Waals surface area contributed by atoms with Gasteiger partial charge in [-0.3, -0.25) is 0 Å². The van der Waals surface area contributed by atoms with Crippen LogP contribution >= 0.6 is 22.9 Å². The molecular formula is C14H15ClN2OS. The van der Waals surface area contributed by atoms with E-state index in [2.05, 4.69) is 10.3 Å².